The van der Waals surface area contributed by atoms with E-state index < -0.39 is 0 Å². The zero-order valence-corrected chi connectivity index (χ0v) is 11.2. The van der Waals surface area contributed by atoms with E-state index in [-0.39, 0.29) is 12.5 Å². The molecule has 0 saturated heterocycles. The van der Waals surface area contributed by atoms with Gasteiger partial charge in [0.1, 0.15) is 12.3 Å². The number of amides is 1. The lowest BCUT2D eigenvalue weighted by Crippen LogP contribution is -2.30. The topological polar surface area (TPSA) is 95.1 Å². The van der Waals surface area contributed by atoms with Gasteiger partial charge in [-0.2, -0.15) is 9.90 Å². The van der Waals surface area contributed by atoms with Gasteiger partial charge in [-0.1, -0.05) is 12.1 Å². The Kier molecular flexibility index (Phi) is 4.54. The maximum Gasteiger partial charge on any atom is 0.243 e. The molecule has 106 valence electrons. The lowest BCUT2D eigenvalue weighted by molar-refractivity contribution is -0.122. The number of methoxy groups -OCH3 is 1. The van der Waals surface area contributed by atoms with Crippen molar-refractivity contribution in [1.82, 2.24) is 20.3 Å². The van der Waals surface area contributed by atoms with Crippen molar-refractivity contribution in [2.24, 2.45) is 0 Å². The summed E-state index contributed by atoms with van der Waals surface area (Å²) < 4.78 is 5.08. The van der Waals surface area contributed by atoms with Crippen molar-refractivity contribution >= 4 is 11.7 Å². The fourth-order valence-electron chi connectivity index (χ4n) is 1.71. The molecule has 0 unspecified atom stereocenters. The molecule has 0 radical (unpaired) electrons. The summed E-state index contributed by atoms with van der Waals surface area (Å²) in [4.78, 5) is 12.9. The molecule has 0 aliphatic heterocycles. The third-order valence-electron chi connectivity index (χ3n) is 2.73. The summed E-state index contributed by atoms with van der Waals surface area (Å²) in [7, 11) is 1.63. The molecule has 20 heavy (non-hydrogen) atoms. The van der Waals surface area contributed by atoms with Crippen molar-refractivity contribution in [3.8, 4) is 5.75 Å². The van der Waals surface area contributed by atoms with Crippen molar-refractivity contribution < 1.29 is 9.53 Å². The zero-order valence-electron chi connectivity index (χ0n) is 11.2. The highest BCUT2D eigenvalue weighted by Gasteiger charge is 2.04. The number of nitrogens with one attached hydrogen (secondary N) is 1. The number of benzene rings is 1. The van der Waals surface area contributed by atoms with Crippen molar-refractivity contribution in [2.75, 3.05) is 19.4 Å². The Bertz CT molecular complexity index is 564. The number of anilines is 1. The van der Waals surface area contributed by atoms with E-state index in [2.05, 4.69) is 15.5 Å². The van der Waals surface area contributed by atoms with Crippen LogP contribution in [0.1, 0.15) is 5.56 Å². The van der Waals surface area contributed by atoms with Gasteiger partial charge in [0.25, 0.3) is 0 Å². The van der Waals surface area contributed by atoms with Crippen molar-refractivity contribution in [2.45, 2.75) is 13.0 Å². The smallest absolute Gasteiger partial charge is 0.243 e. The minimum atomic E-state index is -0.144. The normalized spacial score (nSPS) is 10.2. The zero-order chi connectivity index (χ0) is 14.4. The Morgan fingerprint density at radius 1 is 1.40 bits per heavy atom. The molecule has 1 aromatic heterocycles. The molecular formula is C13H17N5O2. The van der Waals surface area contributed by atoms with E-state index in [4.69, 9.17) is 10.5 Å². The molecule has 7 heteroatoms. The molecule has 1 amide bonds. The summed E-state index contributed by atoms with van der Waals surface area (Å²) in [6, 6.07) is 7.74. The Morgan fingerprint density at radius 2 is 2.15 bits per heavy atom. The van der Waals surface area contributed by atoms with Crippen LogP contribution in [0.2, 0.25) is 0 Å². The number of carbonyl (C=O) groups excluding carboxylic acids is 1. The number of ether oxygens (including phenoxy) is 1. The largest absolute Gasteiger partial charge is 0.497 e. The van der Waals surface area contributed by atoms with E-state index in [1.807, 2.05) is 24.3 Å². The minimum Gasteiger partial charge on any atom is -0.497 e. The van der Waals surface area contributed by atoms with Gasteiger partial charge < -0.3 is 15.8 Å². The summed E-state index contributed by atoms with van der Waals surface area (Å²) in [5.41, 5.74) is 6.55. The van der Waals surface area contributed by atoms with Gasteiger partial charge in [-0.15, -0.1) is 5.10 Å². The number of nitrogens with zero attached hydrogens (tertiary/aromatic N) is 3. The molecule has 0 aliphatic carbocycles. The maximum absolute atomic E-state index is 11.6. The number of hydrogen-bond acceptors (Lipinski definition) is 5. The fraction of sp³-hybridized carbons (Fsp3) is 0.308. The third kappa shape index (κ3) is 3.98. The number of rotatable bonds is 6. The number of aromatic nitrogens is 3. The first kappa shape index (κ1) is 13.9. The molecule has 0 fully saturated rings. The summed E-state index contributed by atoms with van der Waals surface area (Å²) in [6.45, 7) is 0.627. The highest BCUT2D eigenvalue weighted by molar-refractivity contribution is 5.75. The lowest BCUT2D eigenvalue weighted by Gasteiger charge is -2.06. The number of hydrogen-bond donors (Lipinski definition) is 2. The first-order valence-corrected chi connectivity index (χ1v) is 6.22. The molecule has 7 nitrogen and oxygen atoms in total. The second kappa shape index (κ2) is 6.55. The van der Waals surface area contributed by atoms with E-state index in [1.165, 1.54) is 11.0 Å². The monoisotopic (exact) mass is 275 g/mol. The van der Waals surface area contributed by atoms with Crippen LogP contribution < -0.4 is 15.8 Å². The summed E-state index contributed by atoms with van der Waals surface area (Å²) >= 11 is 0. The number of nitrogen functional groups attached to an aromatic ring is 1. The maximum atomic E-state index is 11.6. The van der Waals surface area contributed by atoms with Crippen molar-refractivity contribution in [3.63, 3.8) is 0 Å². The molecule has 3 N–H and O–H groups in total. The average Bonchev–Trinajstić information content (AvgIpc) is 2.85. The molecule has 2 rings (SSSR count). The van der Waals surface area contributed by atoms with Crippen molar-refractivity contribution in [3.05, 3.63) is 36.0 Å². The summed E-state index contributed by atoms with van der Waals surface area (Å²) in [6.07, 6.45) is 2.16. The Labute approximate surface area is 116 Å². The quantitative estimate of drug-likeness (QED) is 0.786. The molecule has 0 atom stereocenters. The van der Waals surface area contributed by atoms with E-state index in [0.29, 0.717) is 12.4 Å². The van der Waals surface area contributed by atoms with E-state index in [9.17, 15) is 4.79 Å². The van der Waals surface area contributed by atoms with Crippen LogP contribution in [0.5, 0.6) is 5.75 Å². The van der Waals surface area contributed by atoms with Crippen LogP contribution in [0.4, 0.5) is 5.82 Å². The van der Waals surface area contributed by atoms with Gasteiger partial charge >= 0.3 is 0 Å². The minimum absolute atomic E-state index is 0.0693. The van der Waals surface area contributed by atoms with E-state index in [1.54, 1.807) is 7.11 Å². The van der Waals surface area contributed by atoms with Crippen LogP contribution >= 0.6 is 0 Å². The van der Waals surface area contributed by atoms with Gasteiger partial charge in [0.15, 0.2) is 5.82 Å². The van der Waals surface area contributed by atoms with Crippen LogP contribution in [-0.4, -0.2) is 34.6 Å². The molecule has 1 aromatic carbocycles. The summed E-state index contributed by atoms with van der Waals surface area (Å²) in [5.74, 6) is 0.977. The van der Waals surface area contributed by atoms with Gasteiger partial charge in [-0.25, -0.2) is 0 Å². The highest BCUT2D eigenvalue weighted by atomic mass is 16.5. The Balaban J connectivity index is 1.73. The number of carbonyl (C=O) groups is 1. The predicted molar refractivity (Wildman–Crippen MR) is 74.1 cm³/mol. The summed E-state index contributed by atoms with van der Waals surface area (Å²) in [5, 5.41) is 10.5. The van der Waals surface area contributed by atoms with Crippen molar-refractivity contribution in [1.29, 1.82) is 0 Å². The van der Waals surface area contributed by atoms with Gasteiger partial charge in [0, 0.05) is 6.54 Å². The van der Waals surface area contributed by atoms with Gasteiger partial charge in [-0.05, 0) is 24.1 Å². The first-order chi connectivity index (χ1) is 9.67. The van der Waals surface area contributed by atoms with Crippen LogP contribution in [0.25, 0.3) is 0 Å². The third-order valence-corrected chi connectivity index (χ3v) is 2.73. The van der Waals surface area contributed by atoms with Gasteiger partial charge in [0.05, 0.1) is 13.3 Å². The standard InChI is InChI=1S/C13H17N5O2/c1-20-11-4-2-10(3-5-11)6-7-15-13(19)9-18-16-8-12(14)17-18/h2-5,8H,6-7,9H2,1H3,(H2,14,17)(H,15,19). The van der Waals surface area contributed by atoms with Crippen LogP contribution in [0.15, 0.2) is 30.5 Å². The van der Waals surface area contributed by atoms with E-state index >= 15 is 0 Å². The van der Waals surface area contributed by atoms with Crippen LogP contribution in [0, 0.1) is 0 Å². The van der Waals surface area contributed by atoms with Gasteiger partial charge in [-0.3, -0.25) is 4.79 Å². The second-order valence-corrected chi connectivity index (χ2v) is 4.25. The second-order valence-electron chi connectivity index (χ2n) is 4.25. The highest BCUT2D eigenvalue weighted by Crippen LogP contribution is 2.11. The SMILES string of the molecule is COc1ccc(CCNC(=O)Cn2ncc(N)n2)cc1. The predicted octanol–water partition coefficient (Wildman–Crippen LogP) is 0.228. The number of nitrogens with two attached hydrogens (primary N) is 1. The van der Waals surface area contributed by atoms with E-state index in [0.717, 1.165) is 17.7 Å². The molecule has 0 spiro atoms. The molecular weight excluding hydrogens is 258 g/mol. The van der Waals surface area contributed by atoms with Gasteiger partial charge in [0.2, 0.25) is 5.91 Å². The molecule has 2 aromatic rings. The van der Waals surface area contributed by atoms with Crippen LogP contribution in [0.3, 0.4) is 0 Å². The molecule has 0 aliphatic rings. The lowest BCUT2D eigenvalue weighted by atomic mass is 10.1. The fourth-order valence-corrected chi connectivity index (χ4v) is 1.71. The molecule has 1 heterocycles. The van der Waals surface area contributed by atoms with Crippen LogP contribution in [-0.2, 0) is 17.8 Å². The molecule has 0 bridgehead atoms. The Morgan fingerprint density at radius 3 is 2.75 bits per heavy atom. The average molecular weight is 275 g/mol. The Hall–Kier alpha value is -2.57. The molecule has 0 saturated carbocycles. The first-order valence-electron chi connectivity index (χ1n) is 6.22.